The number of pyridine rings is 1. The number of nitrogens with two attached hydrogens (primary N) is 1. The van der Waals surface area contributed by atoms with Gasteiger partial charge in [0.2, 0.25) is 0 Å². The van der Waals surface area contributed by atoms with Crippen LogP contribution in [0.25, 0.3) is 0 Å². The van der Waals surface area contributed by atoms with E-state index in [9.17, 15) is 0 Å². The van der Waals surface area contributed by atoms with Gasteiger partial charge in [-0.25, -0.2) is 4.98 Å². The predicted octanol–water partition coefficient (Wildman–Crippen LogP) is 2.53. The molecule has 1 heterocycles. The Morgan fingerprint density at radius 1 is 1.69 bits per heavy atom. The lowest BCUT2D eigenvalue weighted by molar-refractivity contribution is 0.760. The minimum absolute atomic E-state index is 0.371. The van der Waals surface area contributed by atoms with Gasteiger partial charge < -0.3 is 11.1 Å². The largest absolute Gasteiger partial charge is 0.396 e. The first-order valence-corrected chi connectivity index (χ1v) is 4.68. The molecule has 3 nitrogen and oxygen atoms in total. The third kappa shape index (κ3) is 2.77. The number of nitrogens with one attached hydrogen (secondary N) is 1. The van der Waals surface area contributed by atoms with Crippen molar-refractivity contribution in [1.29, 1.82) is 0 Å². The third-order valence-electron chi connectivity index (χ3n) is 1.88. The zero-order chi connectivity index (χ0) is 9.84. The van der Waals surface area contributed by atoms with Crippen molar-refractivity contribution in [2.45, 2.75) is 26.3 Å². The molecule has 0 aliphatic heterocycles. The van der Waals surface area contributed by atoms with Crippen LogP contribution in [-0.2, 0) is 0 Å². The van der Waals surface area contributed by atoms with Gasteiger partial charge in [-0.15, -0.1) is 0 Å². The van der Waals surface area contributed by atoms with E-state index < -0.39 is 0 Å². The van der Waals surface area contributed by atoms with E-state index in [1.54, 1.807) is 12.3 Å². The average molecular weight is 200 g/mol. The number of halogens is 1. The van der Waals surface area contributed by atoms with Crippen LogP contribution >= 0.6 is 11.6 Å². The van der Waals surface area contributed by atoms with Gasteiger partial charge in [-0.05, 0) is 19.4 Å². The molecule has 0 saturated heterocycles. The zero-order valence-electron chi connectivity index (χ0n) is 7.84. The van der Waals surface area contributed by atoms with Crippen molar-refractivity contribution in [3.05, 3.63) is 17.3 Å². The lowest BCUT2D eigenvalue weighted by Crippen LogP contribution is -2.15. The van der Waals surface area contributed by atoms with Gasteiger partial charge >= 0.3 is 0 Å². The molecule has 0 radical (unpaired) electrons. The summed E-state index contributed by atoms with van der Waals surface area (Å²) >= 11 is 5.72. The van der Waals surface area contributed by atoms with Gasteiger partial charge in [0.05, 0.1) is 10.7 Å². The number of aromatic nitrogens is 1. The van der Waals surface area contributed by atoms with Gasteiger partial charge in [0, 0.05) is 12.2 Å². The number of hydrogen-bond acceptors (Lipinski definition) is 3. The normalized spacial score (nSPS) is 12.5. The second kappa shape index (κ2) is 4.33. The minimum Gasteiger partial charge on any atom is -0.396 e. The average Bonchev–Trinajstić information content (AvgIpc) is 2.09. The summed E-state index contributed by atoms with van der Waals surface area (Å²) in [6.45, 7) is 4.18. The van der Waals surface area contributed by atoms with Crippen molar-refractivity contribution in [3.63, 3.8) is 0 Å². The fourth-order valence-electron chi connectivity index (χ4n) is 0.911. The highest BCUT2D eigenvalue weighted by Crippen LogP contribution is 2.20. The van der Waals surface area contributed by atoms with Crippen LogP contribution in [0, 0.1) is 0 Å². The Morgan fingerprint density at radius 2 is 2.38 bits per heavy atom. The Bertz CT molecular complexity index is 288. The van der Waals surface area contributed by atoms with E-state index >= 15 is 0 Å². The monoisotopic (exact) mass is 199 g/mol. The molecule has 3 N–H and O–H groups in total. The molecule has 0 aliphatic rings. The lowest BCUT2D eigenvalue weighted by Gasteiger charge is -2.13. The van der Waals surface area contributed by atoms with Crippen LogP contribution in [0.2, 0.25) is 5.02 Å². The maximum Gasteiger partial charge on any atom is 0.149 e. The standard InChI is InChI=1S/C9H14ClN3/c1-3-6(2)13-9-8(11)4-7(10)5-12-9/h4-6H,3,11H2,1-2H3,(H,12,13). The Labute approximate surface area is 83.3 Å². The first-order valence-electron chi connectivity index (χ1n) is 4.31. The Balaban J connectivity index is 2.77. The van der Waals surface area contributed by atoms with E-state index in [0.717, 1.165) is 6.42 Å². The number of anilines is 2. The number of nitrogen functional groups attached to an aromatic ring is 1. The highest BCUT2D eigenvalue weighted by molar-refractivity contribution is 6.30. The first kappa shape index (κ1) is 10.1. The van der Waals surface area contributed by atoms with Crippen LogP contribution in [0.4, 0.5) is 11.5 Å². The topological polar surface area (TPSA) is 50.9 Å². The molecule has 1 aromatic heterocycles. The smallest absolute Gasteiger partial charge is 0.149 e. The molecule has 0 bridgehead atoms. The van der Waals surface area contributed by atoms with E-state index in [4.69, 9.17) is 17.3 Å². The second-order valence-corrected chi connectivity index (χ2v) is 3.48. The number of nitrogens with zero attached hydrogens (tertiary/aromatic N) is 1. The molecule has 0 fully saturated rings. The summed E-state index contributed by atoms with van der Waals surface area (Å²) in [6, 6.07) is 2.06. The van der Waals surface area contributed by atoms with Crippen molar-refractivity contribution >= 4 is 23.1 Å². The Kier molecular flexibility index (Phi) is 3.37. The molecule has 0 amide bonds. The summed E-state index contributed by atoms with van der Waals surface area (Å²) in [4.78, 5) is 4.10. The van der Waals surface area contributed by atoms with Crippen LogP contribution in [0.3, 0.4) is 0 Å². The molecule has 72 valence electrons. The predicted molar refractivity (Wildman–Crippen MR) is 57.0 cm³/mol. The van der Waals surface area contributed by atoms with E-state index in [2.05, 4.69) is 24.1 Å². The molecule has 13 heavy (non-hydrogen) atoms. The SMILES string of the molecule is CCC(C)Nc1ncc(Cl)cc1N. The molecular weight excluding hydrogens is 186 g/mol. The van der Waals surface area contributed by atoms with Gasteiger partial charge in [-0.2, -0.15) is 0 Å². The van der Waals surface area contributed by atoms with Crippen LogP contribution in [0.5, 0.6) is 0 Å². The van der Waals surface area contributed by atoms with Crippen molar-refractivity contribution in [2.75, 3.05) is 11.1 Å². The molecule has 0 aromatic carbocycles. The van der Waals surface area contributed by atoms with Crippen molar-refractivity contribution in [1.82, 2.24) is 4.98 Å². The highest BCUT2D eigenvalue weighted by atomic mass is 35.5. The van der Waals surface area contributed by atoms with Crippen molar-refractivity contribution in [2.24, 2.45) is 0 Å². The minimum atomic E-state index is 0.371. The van der Waals surface area contributed by atoms with Crippen LogP contribution < -0.4 is 11.1 Å². The van der Waals surface area contributed by atoms with Crippen molar-refractivity contribution < 1.29 is 0 Å². The first-order chi connectivity index (χ1) is 6.13. The van der Waals surface area contributed by atoms with E-state index in [1.807, 2.05) is 0 Å². The summed E-state index contributed by atoms with van der Waals surface area (Å²) < 4.78 is 0. The number of rotatable bonds is 3. The molecule has 1 unspecified atom stereocenters. The molecule has 1 rings (SSSR count). The molecule has 0 aliphatic carbocycles. The maximum absolute atomic E-state index is 5.72. The molecule has 1 atom stereocenters. The van der Waals surface area contributed by atoms with E-state index in [0.29, 0.717) is 22.6 Å². The van der Waals surface area contributed by atoms with Gasteiger partial charge in [0.25, 0.3) is 0 Å². The zero-order valence-corrected chi connectivity index (χ0v) is 8.60. The summed E-state index contributed by atoms with van der Waals surface area (Å²) in [7, 11) is 0. The Morgan fingerprint density at radius 3 is 2.92 bits per heavy atom. The second-order valence-electron chi connectivity index (χ2n) is 3.05. The highest BCUT2D eigenvalue weighted by Gasteiger charge is 2.03. The number of hydrogen-bond donors (Lipinski definition) is 2. The lowest BCUT2D eigenvalue weighted by atomic mass is 10.2. The quantitative estimate of drug-likeness (QED) is 0.787. The molecular formula is C9H14ClN3. The maximum atomic E-state index is 5.72. The molecule has 0 spiro atoms. The van der Waals surface area contributed by atoms with Gasteiger partial charge in [-0.1, -0.05) is 18.5 Å². The molecule has 0 saturated carbocycles. The molecule has 1 aromatic rings. The fraction of sp³-hybridized carbons (Fsp3) is 0.444. The Hall–Kier alpha value is -0.960. The fourth-order valence-corrected chi connectivity index (χ4v) is 1.08. The summed E-state index contributed by atoms with van der Waals surface area (Å²) in [5.74, 6) is 0.707. The van der Waals surface area contributed by atoms with Gasteiger partial charge in [-0.3, -0.25) is 0 Å². The third-order valence-corrected chi connectivity index (χ3v) is 2.09. The van der Waals surface area contributed by atoms with Crippen LogP contribution in [0.1, 0.15) is 20.3 Å². The summed E-state index contributed by atoms with van der Waals surface area (Å²) in [5, 5.41) is 3.75. The van der Waals surface area contributed by atoms with Gasteiger partial charge in [0.15, 0.2) is 0 Å². The van der Waals surface area contributed by atoms with E-state index in [-0.39, 0.29) is 0 Å². The summed E-state index contributed by atoms with van der Waals surface area (Å²) in [5.41, 5.74) is 6.31. The van der Waals surface area contributed by atoms with Crippen LogP contribution in [0.15, 0.2) is 12.3 Å². The van der Waals surface area contributed by atoms with Gasteiger partial charge in [0.1, 0.15) is 5.82 Å². The van der Waals surface area contributed by atoms with E-state index in [1.165, 1.54) is 0 Å². The van der Waals surface area contributed by atoms with Crippen LogP contribution in [-0.4, -0.2) is 11.0 Å². The summed E-state index contributed by atoms with van der Waals surface area (Å²) in [6.07, 6.45) is 2.62. The van der Waals surface area contributed by atoms with Crippen molar-refractivity contribution in [3.8, 4) is 0 Å². The molecule has 4 heteroatoms.